The largest absolute Gasteiger partial charge is 0.480 e. The lowest BCUT2D eigenvalue weighted by molar-refractivity contribution is -0.143. The van der Waals surface area contributed by atoms with Gasteiger partial charge in [-0.3, -0.25) is 4.79 Å². The Morgan fingerprint density at radius 3 is 2.32 bits per heavy atom. The molecule has 0 radical (unpaired) electrons. The monoisotopic (exact) mass is 468 g/mol. The molecule has 4 rings (SSSR count). The number of alkyl carbamates (subject to hydrolysis) is 1. The first-order valence-electron chi connectivity index (χ1n) is 11.3. The number of carboxylic acid groups (broad SMARTS) is 1. The van der Waals surface area contributed by atoms with Gasteiger partial charge in [-0.2, -0.15) is 0 Å². The number of nitrogens with one attached hydrogen (secondary N) is 2. The van der Waals surface area contributed by atoms with Crippen molar-refractivity contribution in [2.45, 2.75) is 30.8 Å². The number of carbonyl (C=O) groups excluding carboxylic acids is 2. The number of aliphatic hydroxyl groups excluding tert-OH is 1. The topological polar surface area (TPSA) is 134 Å². The molecule has 34 heavy (non-hydrogen) atoms. The Morgan fingerprint density at radius 2 is 1.71 bits per heavy atom. The predicted molar refractivity (Wildman–Crippen MR) is 122 cm³/mol. The zero-order chi connectivity index (χ0) is 24.1. The lowest BCUT2D eigenvalue weighted by atomic mass is 9.92. The molecule has 4 N–H and O–H groups in total. The van der Waals surface area contributed by atoms with Crippen LogP contribution >= 0.6 is 0 Å². The molecule has 3 unspecified atom stereocenters. The maximum Gasteiger partial charge on any atom is 0.407 e. The Balaban J connectivity index is 1.35. The van der Waals surface area contributed by atoms with Crippen molar-refractivity contribution in [3.05, 3.63) is 59.7 Å². The van der Waals surface area contributed by atoms with Crippen molar-refractivity contribution >= 4 is 18.0 Å². The van der Waals surface area contributed by atoms with E-state index >= 15 is 0 Å². The molecule has 3 atom stereocenters. The van der Waals surface area contributed by atoms with Crippen LogP contribution in [-0.2, 0) is 19.1 Å². The van der Waals surface area contributed by atoms with Crippen molar-refractivity contribution in [1.82, 2.24) is 10.6 Å². The van der Waals surface area contributed by atoms with Gasteiger partial charge in [-0.15, -0.1) is 0 Å². The average Bonchev–Trinajstić information content (AvgIpc) is 3.16. The summed E-state index contributed by atoms with van der Waals surface area (Å²) >= 11 is 0. The molecule has 0 bridgehead atoms. The van der Waals surface area contributed by atoms with Gasteiger partial charge in [0.15, 0.2) is 0 Å². The van der Waals surface area contributed by atoms with E-state index < -0.39 is 30.6 Å². The highest BCUT2D eigenvalue weighted by Gasteiger charge is 2.32. The fraction of sp³-hybridized carbons (Fsp3) is 0.400. The van der Waals surface area contributed by atoms with E-state index in [-0.39, 0.29) is 37.5 Å². The van der Waals surface area contributed by atoms with Crippen LogP contribution < -0.4 is 10.6 Å². The Labute approximate surface area is 197 Å². The molecule has 1 heterocycles. The Morgan fingerprint density at radius 1 is 1.06 bits per heavy atom. The number of carbonyl (C=O) groups is 3. The number of carboxylic acids is 1. The normalized spacial score (nSPS) is 20.0. The summed E-state index contributed by atoms with van der Waals surface area (Å²) in [7, 11) is 0. The maximum absolute atomic E-state index is 12.7. The summed E-state index contributed by atoms with van der Waals surface area (Å²) in [5.74, 6) is -2.25. The number of amides is 2. The molecule has 180 valence electrons. The van der Waals surface area contributed by atoms with Gasteiger partial charge in [0, 0.05) is 30.9 Å². The molecule has 2 aliphatic rings. The predicted octanol–water partition coefficient (Wildman–Crippen LogP) is 1.88. The first kappa shape index (κ1) is 23.7. The summed E-state index contributed by atoms with van der Waals surface area (Å²) in [6.45, 7) is 0.161. The van der Waals surface area contributed by atoms with Crippen LogP contribution in [0.4, 0.5) is 4.79 Å². The highest BCUT2D eigenvalue weighted by atomic mass is 16.5. The van der Waals surface area contributed by atoms with Crippen molar-refractivity contribution in [3.63, 3.8) is 0 Å². The van der Waals surface area contributed by atoms with Gasteiger partial charge < -0.3 is 30.3 Å². The minimum atomic E-state index is -1.37. The Bertz CT molecular complexity index is 1010. The third kappa shape index (κ3) is 5.21. The number of hydrogen-bond acceptors (Lipinski definition) is 6. The molecular formula is C25H28N2O7. The first-order valence-corrected chi connectivity index (χ1v) is 11.3. The van der Waals surface area contributed by atoms with Crippen molar-refractivity contribution in [3.8, 4) is 11.1 Å². The van der Waals surface area contributed by atoms with Crippen LogP contribution in [0, 0.1) is 5.92 Å². The number of rotatable bonds is 8. The summed E-state index contributed by atoms with van der Waals surface area (Å²) in [6.07, 6.45) is -0.110. The number of aliphatic hydroxyl groups is 1. The molecule has 1 fully saturated rings. The van der Waals surface area contributed by atoms with Gasteiger partial charge in [-0.25, -0.2) is 9.59 Å². The van der Waals surface area contributed by atoms with Gasteiger partial charge >= 0.3 is 12.1 Å². The summed E-state index contributed by atoms with van der Waals surface area (Å²) in [6, 6.07) is 14.4. The average molecular weight is 469 g/mol. The van der Waals surface area contributed by atoms with E-state index in [0.29, 0.717) is 13.0 Å². The van der Waals surface area contributed by atoms with Crippen molar-refractivity contribution in [2.24, 2.45) is 5.92 Å². The number of aliphatic carboxylic acids is 1. The zero-order valence-electron chi connectivity index (χ0n) is 18.6. The zero-order valence-corrected chi connectivity index (χ0v) is 18.6. The molecule has 2 aromatic carbocycles. The minimum Gasteiger partial charge on any atom is -0.480 e. The van der Waals surface area contributed by atoms with E-state index in [2.05, 4.69) is 22.8 Å². The van der Waals surface area contributed by atoms with Crippen LogP contribution in [0.1, 0.15) is 29.9 Å². The number of benzene rings is 2. The standard InChI is InChI=1S/C25H28N2O7/c28-12-22(24(30)31)26-23(29)11-15-13-33-10-9-21(15)27-25(32)34-14-20-18-7-3-1-5-16(18)17-6-2-4-8-19(17)20/h1-8,15,20-22,28H,9-14H2,(H,26,29)(H,27,32)(H,30,31). The summed E-state index contributed by atoms with van der Waals surface area (Å²) in [5.41, 5.74) is 4.53. The van der Waals surface area contributed by atoms with Gasteiger partial charge in [-0.1, -0.05) is 48.5 Å². The molecule has 1 aliphatic heterocycles. The van der Waals surface area contributed by atoms with Gasteiger partial charge in [0.2, 0.25) is 5.91 Å². The number of fused-ring (bicyclic) bond motifs is 3. The van der Waals surface area contributed by atoms with Crippen LogP contribution in [0.5, 0.6) is 0 Å². The van der Waals surface area contributed by atoms with Crippen LogP contribution in [0.2, 0.25) is 0 Å². The third-order valence-electron chi connectivity index (χ3n) is 6.38. The lowest BCUT2D eigenvalue weighted by Crippen LogP contribution is -2.49. The molecular weight excluding hydrogens is 440 g/mol. The van der Waals surface area contributed by atoms with E-state index in [0.717, 1.165) is 22.3 Å². The number of ether oxygens (including phenoxy) is 2. The summed E-state index contributed by atoms with van der Waals surface area (Å²) < 4.78 is 11.1. The quantitative estimate of drug-likeness (QED) is 0.465. The summed E-state index contributed by atoms with van der Waals surface area (Å²) in [4.78, 5) is 35.9. The fourth-order valence-corrected chi connectivity index (χ4v) is 4.66. The lowest BCUT2D eigenvalue weighted by Gasteiger charge is -2.31. The molecule has 0 aromatic heterocycles. The van der Waals surface area contributed by atoms with Crippen molar-refractivity contribution in [2.75, 3.05) is 26.4 Å². The van der Waals surface area contributed by atoms with Gasteiger partial charge in [-0.05, 0) is 28.7 Å². The molecule has 0 saturated carbocycles. The second-order valence-corrected chi connectivity index (χ2v) is 8.55. The summed E-state index contributed by atoms with van der Waals surface area (Å²) in [5, 5.41) is 23.2. The van der Waals surface area contributed by atoms with Gasteiger partial charge in [0.05, 0.1) is 13.2 Å². The second kappa shape index (κ2) is 10.7. The maximum atomic E-state index is 12.7. The van der Waals surface area contributed by atoms with Gasteiger partial charge in [0.1, 0.15) is 12.6 Å². The highest BCUT2D eigenvalue weighted by molar-refractivity contribution is 5.84. The molecule has 9 heteroatoms. The molecule has 2 amide bonds. The Kier molecular flexibility index (Phi) is 7.44. The van der Waals surface area contributed by atoms with Crippen LogP contribution in [0.15, 0.2) is 48.5 Å². The van der Waals surface area contributed by atoms with E-state index in [1.807, 2.05) is 36.4 Å². The minimum absolute atomic E-state index is 0.0435. The van der Waals surface area contributed by atoms with Crippen LogP contribution in [0.25, 0.3) is 11.1 Å². The third-order valence-corrected chi connectivity index (χ3v) is 6.38. The molecule has 1 aliphatic carbocycles. The first-order chi connectivity index (χ1) is 16.5. The smallest absolute Gasteiger partial charge is 0.407 e. The second-order valence-electron chi connectivity index (χ2n) is 8.55. The Hall–Kier alpha value is -3.43. The fourth-order valence-electron chi connectivity index (χ4n) is 4.66. The molecule has 9 nitrogen and oxygen atoms in total. The highest BCUT2D eigenvalue weighted by Crippen LogP contribution is 2.44. The molecule has 1 saturated heterocycles. The van der Waals surface area contributed by atoms with Crippen molar-refractivity contribution < 1.29 is 34.1 Å². The molecule has 2 aromatic rings. The van der Waals surface area contributed by atoms with Gasteiger partial charge in [0.25, 0.3) is 0 Å². The van der Waals surface area contributed by atoms with Crippen LogP contribution in [0.3, 0.4) is 0 Å². The molecule has 0 spiro atoms. The number of hydrogen-bond donors (Lipinski definition) is 4. The van der Waals surface area contributed by atoms with E-state index in [4.69, 9.17) is 19.7 Å². The van der Waals surface area contributed by atoms with Crippen molar-refractivity contribution in [1.29, 1.82) is 0 Å². The van der Waals surface area contributed by atoms with E-state index in [9.17, 15) is 14.4 Å². The SMILES string of the molecule is O=C(CC1COCCC1NC(=O)OCC1c2ccccc2-c2ccccc21)NC(CO)C(=O)O. The van der Waals surface area contributed by atoms with E-state index in [1.54, 1.807) is 0 Å². The van der Waals surface area contributed by atoms with E-state index in [1.165, 1.54) is 0 Å². The van der Waals surface area contributed by atoms with Crippen LogP contribution in [-0.4, -0.2) is 66.7 Å².